The maximum absolute atomic E-state index is 12.8. The fourth-order valence-corrected chi connectivity index (χ4v) is 5.28. The maximum atomic E-state index is 12.8. The summed E-state index contributed by atoms with van der Waals surface area (Å²) in [6, 6.07) is 10.2. The lowest BCUT2D eigenvalue weighted by molar-refractivity contribution is 0.0687. The molecule has 0 unspecified atom stereocenters. The first-order valence-electron chi connectivity index (χ1n) is 9.96. The number of sulfonamides is 1. The van der Waals surface area contributed by atoms with Gasteiger partial charge in [-0.05, 0) is 56.2 Å². The van der Waals surface area contributed by atoms with Gasteiger partial charge >= 0.3 is 0 Å². The van der Waals surface area contributed by atoms with Crippen molar-refractivity contribution in [1.82, 2.24) is 14.6 Å². The molecule has 0 saturated carbocycles. The monoisotopic (exact) mass is 449 g/mol. The first-order valence-corrected chi connectivity index (χ1v) is 12.7. The van der Waals surface area contributed by atoms with Gasteiger partial charge in [0.25, 0.3) is 5.91 Å². The summed E-state index contributed by atoms with van der Waals surface area (Å²) in [4.78, 5) is 19.1. The van der Waals surface area contributed by atoms with Crippen molar-refractivity contribution in [3.8, 4) is 5.75 Å². The third-order valence-electron chi connectivity index (χ3n) is 5.10. The summed E-state index contributed by atoms with van der Waals surface area (Å²) in [5.74, 6) is 0.517. The third-order valence-corrected chi connectivity index (χ3v) is 7.27. The number of hydrogen-bond acceptors (Lipinski definition) is 6. The molecule has 1 aliphatic rings. The van der Waals surface area contributed by atoms with E-state index in [0.717, 1.165) is 17.9 Å². The van der Waals surface area contributed by atoms with Gasteiger partial charge < -0.3 is 9.64 Å². The smallest absolute Gasteiger partial charge is 0.256 e. The summed E-state index contributed by atoms with van der Waals surface area (Å²) in [7, 11) is -3.66. The van der Waals surface area contributed by atoms with Gasteiger partial charge in [0.15, 0.2) is 0 Å². The number of benzene rings is 1. The number of hydrogen-bond donors (Lipinski definition) is 1. The first kappa shape index (κ1) is 22.6. The molecule has 30 heavy (non-hydrogen) atoms. The van der Waals surface area contributed by atoms with Crippen LogP contribution in [0, 0.1) is 5.92 Å². The zero-order valence-electron chi connectivity index (χ0n) is 17.2. The minimum Gasteiger partial charge on any atom is -0.492 e. The molecule has 9 heteroatoms. The molecule has 162 valence electrons. The predicted molar refractivity (Wildman–Crippen MR) is 117 cm³/mol. The third kappa shape index (κ3) is 5.33. The number of likely N-dealkylation sites (tertiary alicyclic amines) is 1. The summed E-state index contributed by atoms with van der Waals surface area (Å²) in [5.41, 5.74) is 0.622. The Bertz CT molecular complexity index is 974. The fourth-order valence-electron chi connectivity index (χ4n) is 3.48. The normalized spacial score (nSPS) is 15.2. The highest BCUT2D eigenvalue weighted by Crippen LogP contribution is 2.25. The van der Waals surface area contributed by atoms with Gasteiger partial charge in [-0.1, -0.05) is 12.1 Å². The van der Waals surface area contributed by atoms with Gasteiger partial charge in [-0.15, -0.1) is 11.8 Å². The minimum absolute atomic E-state index is 0.0166. The zero-order chi connectivity index (χ0) is 21.6. The van der Waals surface area contributed by atoms with E-state index in [2.05, 4.69) is 9.71 Å². The lowest BCUT2D eigenvalue weighted by Crippen LogP contribution is -2.41. The van der Waals surface area contributed by atoms with Crippen molar-refractivity contribution < 1.29 is 17.9 Å². The summed E-state index contributed by atoms with van der Waals surface area (Å²) in [6.07, 6.45) is 5.08. The molecule has 2 heterocycles. The van der Waals surface area contributed by atoms with Crippen LogP contribution in [0.4, 0.5) is 0 Å². The van der Waals surface area contributed by atoms with E-state index >= 15 is 0 Å². The van der Waals surface area contributed by atoms with Crippen LogP contribution in [0.15, 0.2) is 52.5 Å². The molecule has 1 fully saturated rings. The Balaban J connectivity index is 1.57. The van der Waals surface area contributed by atoms with Gasteiger partial charge in [-0.3, -0.25) is 4.79 Å². The number of amides is 1. The molecule has 7 nitrogen and oxygen atoms in total. The topological polar surface area (TPSA) is 88.6 Å². The largest absolute Gasteiger partial charge is 0.492 e. The van der Waals surface area contributed by atoms with Gasteiger partial charge in [-0.2, -0.15) is 0 Å². The Kier molecular flexibility index (Phi) is 7.74. The highest BCUT2D eigenvalue weighted by atomic mass is 32.2. The molecule has 3 rings (SSSR count). The molecule has 1 aromatic carbocycles. The van der Waals surface area contributed by atoms with Crippen LogP contribution in [0.5, 0.6) is 5.75 Å². The van der Waals surface area contributed by atoms with Crippen LogP contribution in [0.3, 0.4) is 0 Å². The molecule has 1 N–H and O–H groups in total. The number of para-hydroxylation sites is 1. The lowest BCUT2D eigenvalue weighted by atomic mass is 9.97. The van der Waals surface area contributed by atoms with Crippen molar-refractivity contribution in [2.24, 2.45) is 5.92 Å². The number of rotatable bonds is 8. The van der Waals surface area contributed by atoms with E-state index in [1.807, 2.05) is 18.1 Å². The molecule has 1 aromatic heterocycles. The van der Waals surface area contributed by atoms with Gasteiger partial charge in [0.2, 0.25) is 10.0 Å². The van der Waals surface area contributed by atoms with Crippen LogP contribution in [0.1, 0.15) is 30.1 Å². The zero-order valence-corrected chi connectivity index (χ0v) is 18.8. The second-order valence-electron chi connectivity index (χ2n) is 7.03. The molecule has 1 amide bonds. The van der Waals surface area contributed by atoms with E-state index in [1.165, 1.54) is 11.8 Å². The van der Waals surface area contributed by atoms with Crippen molar-refractivity contribution in [3.63, 3.8) is 0 Å². The van der Waals surface area contributed by atoms with Gasteiger partial charge in [0.05, 0.1) is 12.2 Å². The Morgan fingerprint density at radius 3 is 2.67 bits per heavy atom. The average Bonchev–Trinajstić information content (AvgIpc) is 2.78. The molecule has 0 spiro atoms. The quantitative estimate of drug-likeness (QED) is 0.623. The van der Waals surface area contributed by atoms with E-state index in [9.17, 15) is 13.2 Å². The van der Waals surface area contributed by atoms with Crippen molar-refractivity contribution in [3.05, 3.63) is 48.2 Å². The van der Waals surface area contributed by atoms with E-state index in [-0.39, 0.29) is 16.7 Å². The molecule has 0 atom stereocenters. The molecule has 1 saturated heterocycles. The number of aromatic nitrogens is 1. The SMILES string of the molecule is CCOc1ccccc1S(=O)(=O)NCC1CCN(C(=O)c2cccnc2SC)CC1. The van der Waals surface area contributed by atoms with Crippen LogP contribution in [0.2, 0.25) is 0 Å². The van der Waals surface area contributed by atoms with Crippen molar-refractivity contribution in [2.75, 3.05) is 32.5 Å². The van der Waals surface area contributed by atoms with E-state index < -0.39 is 10.0 Å². The van der Waals surface area contributed by atoms with Crippen LogP contribution in [-0.2, 0) is 10.0 Å². The number of nitrogens with one attached hydrogen (secondary N) is 1. The van der Waals surface area contributed by atoms with Crippen molar-refractivity contribution >= 4 is 27.7 Å². The lowest BCUT2D eigenvalue weighted by Gasteiger charge is -2.32. The number of pyridine rings is 1. The number of nitrogens with zero attached hydrogens (tertiary/aromatic N) is 2. The van der Waals surface area contributed by atoms with Crippen LogP contribution < -0.4 is 9.46 Å². The van der Waals surface area contributed by atoms with E-state index in [1.54, 1.807) is 42.6 Å². The van der Waals surface area contributed by atoms with Crippen molar-refractivity contribution in [2.45, 2.75) is 29.7 Å². The molecular weight excluding hydrogens is 422 g/mol. The second-order valence-corrected chi connectivity index (χ2v) is 9.56. The average molecular weight is 450 g/mol. The predicted octanol–water partition coefficient (Wildman–Crippen LogP) is 3.03. The summed E-state index contributed by atoms with van der Waals surface area (Å²) in [6.45, 7) is 3.76. The summed E-state index contributed by atoms with van der Waals surface area (Å²) < 4.78 is 33.6. The Morgan fingerprint density at radius 2 is 1.97 bits per heavy atom. The van der Waals surface area contributed by atoms with Gasteiger partial charge in [0.1, 0.15) is 15.7 Å². The first-order chi connectivity index (χ1) is 14.5. The van der Waals surface area contributed by atoms with E-state index in [0.29, 0.717) is 37.6 Å². The fraction of sp³-hybridized carbons (Fsp3) is 0.429. The Hall–Kier alpha value is -2.10. The van der Waals surface area contributed by atoms with Crippen LogP contribution in [0.25, 0.3) is 0 Å². The molecule has 0 bridgehead atoms. The number of piperidine rings is 1. The van der Waals surface area contributed by atoms with Gasteiger partial charge in [0, 0.05) is 25.8 Å². The van der Waals surface area contributed by atoms with Crippen LogP contribution in [-0.4, -0.2) is 56.7 Å². The Morgan fingerprint density at radius 1 is 1.23 bits per heavy atom. The summed E-state index contributed by atoms with van der Waals surface area (Å²) >= 11 is 1.46. The van der Waals surface area contributed by atoms with E-state index in [4.69, 9.17) is 4.74 Å². The minimum atomic E-state index is -3.66. The molecule has 0 radical (unpaired) electrons. The van der Waals surface area contributed by atoms with Crippen molar-refractivity contribution in [1.29, 1.82) is 0 Å². The second kappa shape index (κ2) is 10.3. The molecular formula is C21H27N3O4S2. The number of carbonyl (C=O) groups excluding carboxylic acids is 1. The van der Waals surface area contributed by atoms with Crippen LogP contribution >= 0.6 is 11.8 Å². The van der Waals surface area contributed by atoms with Gasteiger partial charge in [-0.25, -0.2) is 18.1 Å². The molecule has 1 aliphatic heterocycles. The number of carbonyl (C=O) groups is 1. The Labute approximate surface area is 182 Å². The number of ether oxygens (including phenoxy) is 1. The molecule has 0 aliphatic carbocycles. The highest BCUT2D eigenvalue weighted by Gasteiger charge is 2.27. The number of thioether (sulfide) groups is 1. The molecule has 2 aromatic rings. The highest BCUT2D eigenvalue weighted by molar-refractivity contribution is 7.98. The maximum Gasteiger partial charge on any atom is 0.256 e. The standard InChI is InChI=1S/C21H27N3O4S2/c1-3-28-18-8-4-5-9-19(18)30(26,27)23-15-16-10-13-24(14-11-16)21(25)17-7-6-12-22-20(17)29-2/h4-9,12,16,23H,3,10-11,13-15H2,1-2H3. The summed E-state index contributed by atoms with van der Waals surface area (Å²) in [5, 5.41) is 0.727.